The lowest BCUT2D eigenvalue weighted by Crippen LogP contribution is -2.03. The summed E-state index contributed by atoms with van der Waals surface area (Å²) >= 11 is 0. The fourth-order valence-corrected chi connectivity index (χ4v) is 5.48. The van der Waals surface area contributed by atoms with Gasteiger partial charge in [-0.15, -0.1) is 0 Å². The van der Waals surface area contributed by atoms with Gasteiger partial charge in [0.25, 0.3) is 0 Å². The number of fused-ring (bicyclic) bond motifs is 5. The molecule has 0 amide bonds. The Morgan fingerprint density at radius 2 is 1.28 bits per heavy atom. The maximum absolute atomic E-state index is 5.20. The fraction of sp³-hybridized carbons (Fsp3) is 0. The molecular weight excluding hydrogens is 478 g/mol. The Morgan fingerprint density at radius 1 is 0.538 bits per heavy atom. The Hall–Kier alpha value is -5.42. The smallest absolute Gasteiger partial charge is 0.235 e. The second kappa shape index (κ2) is 8.57. The molecule has 0 aliphatic heterocycles. The Labute approximate surface area is 224 Å². The molecule has 0 unspecified atom stereocenters. The van der Waals surface area contributed by atoms with Crippen LogP contribution in [0.25, 0.3) is 71.9 Å². The van der Waals surface area contributed by atoms with E-state index in [0.717, 1.165) is 44.5 Å². The van der Waals surface area contributed by atoms with Gasteiger partial charge in [0.05, 0.1) is 27.9 Å². The van der Waals surface area contributed by atoms with Crippen LogP contribution in [0.2, 0.25) is 0 Å². The van der Waals surface area contributed by atoms with Gasteiger partial charge < -0.3 is 0 Å². The molecule has 0 saturated carbocycles. The van der Waals surface area contributed by atoms with E-state index in [2.05, 4.69) is 82.3 Å². The highest BCUT2D eigenvalue weighted by Gasteiger charge is 2.18. The van der Waals surface area contributed by atoms with Crippen LogP contribution in [0.4, 0.5) is 0 Å². The highest BCUT2D eigenvalue weighted by molar-refractivity contribution is 6.13. The Kier molecular flexibility index (Phi) is 4.76. The fourth-order valence-electron chi connectivity index (χ4n) is 5.48. The number of pyridine rings is 2. The maximum atomic E-state index is 5.20. The molecule has 8 rings (SSSR count). The van der Waals surface area contributed by atoms with Gasteiger partial charge in [0.15, 0.2) is 0 Å². The highest BCUT2D eigenvalue weighted by atomic mass is 15.2. The van der Waals surface area contributed by atoms with Crippen LogP contribution in [0.15, 0.2) is 128 Å². The van der Waals surface area contributed by atoms with Gasteiger partial charge in [-0.25, -0.2) is 9.97 Å². The third kappa shape index (κ3) is 3.48. The predicted molar refractivity (Wildman–Crippen MR) is 158 cm³/mol. The van der Waals surface area contributed by atoms with Crippen LogP contribution in [-0.2, 0) is 0 Å². The molecule has 0 aliphatic rings. The van der Waals surface area contributed by atoms with E-state index in [9.17, 15) is 0 Å². The first kappa shape index (κ1) is 21.6. The quantitative estimate of drug-likeness (QED) is 0.247. The molecule has 4 heterocycles. The van der Waals surface area contributed by atoms with Gasteiger partial charge in [-0.2, -0.15) is 0 Å². The van der Waals surface area contributed by atoms with E-state index in [1.165, 1.54) is 21.5 Å². The first-order chi connectivity index (χ1) is 19.3. The molecule has 0 aliphatic carbocycles. The van der Waals surface area contributed by atoms with Crippen molar-refractivity contribution in [2.24, 2.45) is 0 Å². The van der Waals surface area contributed by atoms with Crippen molar-refractivity contribution < 1.29 is 0 Å². The SMILES string of the molecule is c1ccc2cc3c(cc2c1)c1ccccc1n3-c1nc(-c2ccc(-c3ccncc3)nc2)c2ccccc2n1. The molecule has 5 heteroatoms. The average molecular weight is 500 g/mol. The third-order valence-electron chi connectivity index (χ3n) is 7.34. The van der Waals surface area contributed by atoms with Crippen molar-refractivity contribution in [2.75, 3.05) is 0 Å². The van der Waals surface area contributed by atoms with Crippen molar-refractivity contribution in [1.29, 1.82) is 0 Å². The zero-order valence-electron chi connectivity index (χ0n) is 20.9. The molecule has 0 atom stereocenters. The number of para-hydroxylation sites is 2. The molecule has 0 N–H and O–H groups in total. The Morgan fingerprint density at radius 3 is 2.10 bits per heavy atom. The van der Waals surface area contributed by atoms with Gasteiger partial charge in [0, 0.05) is 45.9 Å². The summed E-state index contributed by atoms with van der Waals surface area (Å²) < 4.78 is 2.19. The summed E-state index contributed by atoms with van der Waals surface area (Å²) in [5.74, 6) is 0.642. The summed E-state index contributed by atoms with van der Waals surface area (Å²) in [5, 5.41) is 5.76. The summed E-state index contributed by atoms with van der Waals surface area (Å²) in [6, 6.07) is 37.7. The number of rotatable bonds is 3. The van der Waals surface area contributed by atoms with E-state index >= 15 is 0 Å². The lowest BCUT2D eigenvalue weighted by Gasteiger charge is -2.12. The number of nitrogens with zero attached hydrogens (tertiary/aromatic N) is 5. The van der Waals surface area contributed by atoms with Gasteiger partial charge in [-0.05, 0) is 59.3 Å². The van der Waals surface area contributed by atoms with Crippen molar-refractivity contribution in [1.82, 2.24) is 24.5 Å². The zero-order chi connectivity index (χ0) is 25.8. The van der Waals surface area contributed by atoms with Crippen LogP contribution in [0, 0.1) is 0 Å². The molecule has 0 spiro atoms. The van der Waals surface area contributed by atoms with E-state index in [4.69, 9.17) is 15.0 Å². The van der Waals surface area contributed by atoms with Crippen molar-refractivity contribution in [3.8, 4) is 28.5 Å². The highest BCUT2D eigenvalue weighted by Crippen LogP contribution is 2.35. The Bertz CT molecular complexity index is 2160. The monoisotopic (exact) mass is 499 g/mol. The summed E-state index contributed by atoms with van der Waals surface area (Å²) in [6.07, 6.45) is 5.46. The van der Waals surface area contributed by atoms with Gasteiger partial charge in [0.2, 0.25) is 5.95 Å². The molecule has 5 nitrogen and oxygen atoms in total. The van der Waals surface area contributed by atoms with Gasteiger partial charge in [-0.1, -0.05) is 60.7 Å². The lowest BCUT2D eigenvalue weighted by molar-refractivity contribution is 1.01. The van der Waals surface area contributed by atoms with Crippen LogP contribution in [-0.4, -0.2) is 24.5 Å². The zero-order valence-corrected chi connectivity index (χ0v) is 20.9. The summed E-state index contributed by atoms with van der Waals surface area (Å²) in [7, 11) is 0. The molecule has 4 aromatic carbocycles. The molecule has 182 valence electrons. The van der Waals surface area contributed by atoms with Crippen LogP contribution in [0.5, 0.6) is 0 Å². The average Bonchev–Trinajstić information content (AvgIpc) is 3.33. The second-order valence-electron chi connectivity index (χ2n) is 9.63. The second-order valence-corrected chi connectivity index (χ2v) is 9.63. The van der Waals surface area contributed by atoms with Gasteiger partial charge >= 0.3 is 0 Å². The summed E-state index contributed by atoms with van der Waals surface area (Å²) in [5.41, 5.74) is 6.78. The van der Waals surface area contributed by atoms with Crippen LogP contribution >= 0.6 is 0 Å². The number of hydrogen-bond acceptors (Lipinski definition) is 4. The topological polar surface area (TPSA) is 56.5 Å². The van der Waals surface area contributed by atoms with Crippen molar-refractivity contribution >= 4 is 43.5 Å². The maximum Gasteiger partial charge on any atom is 0.235 e. The van der Waals surface area contributed by atoms with Crippen LogP contribution in [0.1, 0.15) is 0 Å². The van der Waals surface area contributed by atoms with Crippen molar-refractivity contribution in [3.63, 3.8) is 0 Å². The minimum absolute atomic E-state index is 0.642. The van der Waals surface area contributed by atoms with Crippen LogP contribution in [0.3, 0.4) is 0 Å². The molecule has 0 saturated heterocycles. The van der Waals surface area contributed by atoms with Crippen LogP contribution < -0.4 is 0 Å². The number of hydrogen-bond donors (Lipinski definition) is 0. The van der Waals surface area contributed by atoms with E-state index in [-0.39, 0.29) is 0 Å². The number of benzene rings is 4. The molecule has 0 fully saturated rings. The van der Waals surface area contributed by atoms with Crippen molar-refractivity contribution in [2.45, 2.75) is 0 Å². The lowest BCUT2D eigenvalue weighted by atomic mass is 10.1. The molecule has 4 aromatic heterocycles. The summed E-state index contributed by atoms with van der Waals surface area (Å²) in [4.78, 5) is 19.2. The van der Waals surface area contributed by atoms with E-state index < -0.39 is 0 Å². The van der Waals surface area contributed by atoms with Crippen molar-refractivity contribution in [3.05, 3.63) is 128 Å². The molecule has 0 radical (unpaired) electrons. The normalized spacial score (nSPS) is 11.6. The van der Waals surface area contributed by atoms with Gasteiger partial charge in [-0.3, -0.25) is 14.5 Å². The molecule has 39 heavy (non-hydrogen) atoms. The minimum Gasteiger partial charge on any atom is -0.278 e. The Balaban J connectivity index is 1.39. The standard InChI is InChI=1S/C34H21N5/c1-2-8-24-20-32-28(19-23(24)7-1)26-9-4-6-12-31(26)39(32)34-37-30-11-5-3-10-27(30)33(38-34)25-13-14-29(36-21-25)22-15-17-35-18-16-22/h1-21H. The summed E-state index contributed by atoms with van der Waals surface area (Å²) in [6.45, 7) is 0. The van der Waals surface area contributed by atoms with Gasteiger partial charge in [0.1, 0.15) is 0 Å². The molecular formula is C34H21N5. The van der Waals surface area contributed by atoms with E-state index in [0.29, 0.717) is 5.95 Å². The van der Waals surface area contributed by atoms with E-state index in [1.807, 2.05) is 42.6 Å². The predicted octanol–water partition coefficient (Wildman–Crippen LogP) is 8.00. The largest absolute Gasteiger partial charge is 0.278 e. The first-order valence-electron chi connectivity index (χ1n) is 12.9. The number of aromatic nitrogens is 5. The third-order valence-corrected chi connectivity index (χ3v) is 7.34. The minimum atomic E-state index is 0.642. The molecule has 8 aromatic rings. The van der Waals surface area contributed by atoms with E-state index in [1.54, 1.807) is 12.4 Å². The molecule has 0 bridgehead atoms. The first-order valence-corrected chi connectivity index (χ1v) is 12.9.